The molecule has 4 nitrogen and oxygen atoms in total. The summed E-state index contributed by atoms with van der Waals surface area (Å²) in [4.78, 5) is 0. The molecule has 3 aromatic rings. The van der Waals surface area contributed by atoms with Crippen LogP contribution in [0.2, 0.25) is 5.02 Å². The van der Waals surface area contributed by atoms with Gasteiger partial charge in [-0.25, -0.2) is 0 Å². The van der Waals surface area contributed by atoms with E-state index in [-0.39, 0.29) is 6.04 Å². The van der Waals surface area contributed by atoms with E-state index >= 15 is 0 Å². The zero-order valence-electron chi connectivity index (χ0n) is 12.4. The number of aromatic nitrogens is 2. The normalized spacial score (nSPS) is 12.3. The maximum atomic E-state index is 6.15. The Balaban J connectivity index is 1.60. The number of hydrogen-bond acceptors (Lipinski definition) is 5. The average Bonchev–Trinajstić information content (AvgIpc) is 3.04. The van der Waals surface area contributed by atoms with Crippen LogP contribution in [0.1, 0.15) is 23.1 Å². The number of nitrogens with zero attached hydrogens (tertiary/aromatic N) is 2. The highest BCUT2D eigenvalue weighted by Gasteiger charge is 2.15. The lowest BCUT2D eigenvalue weighted by atomic mass is 10.1. The Kier molecular flexibility index (Phi) is 5.33. The molecule has 1 aromatic heterocycles. The van der Waals surface area contributed by atoms with E-state index in [4.69, 9.17) is 21.8 Å². The quantitative estimate of drug-likeness (QED) is 0.676. The molecule has 23 heavy (non-hydrogen) atoms. The van der Waals surface area contributed by atoms with Crippen molar-refractivity contribution in [3.05, 3.63) is 76.6 Å². The summed E-state index contributed by atoms with van der Waals surface area (Å²) in [6.07, 6.45) is 0.664. The van der Waals surface area contributed by atoms with E-state index < -0.39 is 0 Å². The Hall–Kier alpha value is -1.82. The maximum absolute atomic E-state index is 6.15. The van der Waals surface area contributed by atoms with Crippen molar-refractivity contribution in [3.63, 3.8) is 0 Å². The van der Waals surface area contributed by atoms with Gasteiger partial charge >= 0.3 is 0 Å². The fraction of sp³-hybridized carbons (Fsp3) is 0.176. The van der Waals surface area contributed by atoms with Crippen molar-refractivity contribution in [1.82, 2.24) is 10.2 Å². The molecule has 0 fully saturated rings. The molecule has 1 heterocycles. The van der Waals surface area contributed by atoms with Crippen molar-refractivity contribution >= 4 is 23.4 Å². The fourth-order valence-corrected chi connectivity index (χ4v) is 3.19. The third-order valence-corrected chi connectivity index (χ3v) is 4.58. The van der Waals surface area contributed by atoms with Crippen molar-refractivity contribution < 1.29 is 4.42 Å². The summed E-state index contributed by atoms with van der Waals surface area (Å²) in [6, 6.07) is 17.4. The Morgan fingerprint density at radius 2 is 1.78 bits per heavy atom. The number of nitrogens with two attached hydrogens (primary N) is 1. The van der Waals surface area contributed by atoms with Crippen LogP contribution in [0.3, 0.4) is 0 Å². The summed E-state index contributed by atoms with van der Waals surface area (Å²) < 4.78 is 5.65. The summed E-state index contributed by atoms with van der Waals surface area (Å²) in [5.41, 5.74) is 8.32. The van der Waals surface area contributed by atoms with Crippen LogP contribution in [-0.2, 0) is 12.2 Å². The van der Waals surface area contributed by atoms with Gasteiger partial charge in [-0.1, -0.05) is 71.9 Å². The lowest BCUT2D eigenvalue weighted by Gasteiger charge is -2.06. The summed E-state index contributed by atoms with van der Waals surface area (Å²) >= 11 is 7.59. The van der Waals surface area contributed by atoms with Gasteiger partial charge in [0.25, 0.3) is 5.22 Å². The van der Waals surface area contributed by atoms with Crippen molar-refractivity contribution in [1.29, 1.82) is 0 Å². The Morgan fingerprint density at radius 1 is 1.04 bits per heavy atom. The summed E-state index contributed by atoms with van der Waals surface area (Å²) in [6.45, 7) is 0. The van der Waals surface area contributed by atoms with Gasteiger partial charge in [0.05, 0.1) is 6.04 Å². The molecule has 0 unspecified atom stereocenters. The van der Waals surface area contributed by atoms with Crippen LogP contribution < -0.4 is 5.73 Å². The molecule has 0 aliphatic heterocycles. The first-order valence-electron chi connectivity index (χ1n) is 7.21. The number of benzene rings is 2. The van der Waals surface area contributed by atoms with Gasteiger partial charge in [-0.2, -0.15) is 0 Å². The molecule has 6 heteroatoms. The van der Waals surface area contributed by atoms with Crippen molar-refractivity contribution in [2.75, 3.05) is 0 Å². The minimum atomic E-state index is -0.306. The SMILES string of the molecule is N[C@H](Cc1ccccc1)c1nnc(SCc2ccccc2Cl)o1. The Labute approximate surface area is 144 Å². The second-order valence-electron chi connectivity index (χ2n) is 5.08. The molecule has 3 rings (SSSR count). The van der Waals surface area contributed by atoms with E-state index in [0.717, 1.165) is 16.1 Å². The first-order valence-corrected chi connectivity index (χ1v) is 8.58. The van der Waals surface area contributed by atoms with E-state index in [1.54, 1.807) is 0 Å². The minimum absolute atomic E-state index is 0.306. The lowest BCUT2D eigenvalue weighted by molar-refractivity contribution is 0.385. The van der Waals surface area contributed by atoms with E-state index in [9.17, 15) is 0 Å². The smallest absolute Gasteiger partial charge is 0.276 e. The molecule has 0 saturated heterocycles. The van der Waals surface area contributed by atoms with Crippen molar-refractivity contribution in [2.24, 2.45) is 5.73 Å². The predicted molar refractivity (Wildman–Crippen MR) is 92.4 cm³/mol. The van der Waals surface area contributed by atoms with Gasteiger partial charge in [0.15, 0.2) is 0 Å². The molecular weight excluding hydrogens is 330 g/mol. The third-order valence-electron chi connectivity index (χ3n) is 3.35. The molecule has 0 bridgehead atoms. The molecule has 0 aliphatic carbocycles. The number of hydrogen-bond donors (Lipinski definition) is 1. The topological polar surface area (TPSA) is 64.9 Å². The molecule has 2 aromatic carbocycles. The monoisotopic (exact) mass is 345 g/mol. The average molecular weight is 346 g/mol. The molecule has 1 atom stereocenters. The molecule has 118 valence electrons. The van der Waals surface area contributed by atoms with Crippen LogP contribution in [0.25, 0.3) is 0 Å². The van der Waals surface area contributed by atoms with Crippen LogP contribution in [-0.4, -0.2) is 10.2 Å². The van der Waals surface area contributed by atoms with Gasteiger partial charge < -0.3 is 10.2 Å². The highest BCUT2D eigenvalue weighted by molar-refractivity contribution is 7.98. The lowest BCUT2D eigenvalue weighted by Crippen LogP contribution is -2.13. The molecule has 0 spiro atoms. The standard InChI is InChI=1S/C17H16ClN3OS/c18-14-9-5-4-8-13(14)11-23-17-21-20-16(22-17)15(19)10-12-6-2-1-3-7-12/h1-9,15H,10-11,19H2/t15-/m1/s1. The van der Waals surface area contributed by atoms with Crippen molar-refractivity contribution in [2.45, 2.75) is 23.4 Å². The fourth-order valence-electron chi connectivity index (χ4n) is 2.14. The second kappa shape index (κ2) is 7.64. The van der Waals surface area contributed by atoms with Crippen LogP contribution in [0, 0.1) is 0 Å². The number of thioether (sulfide) groups is 1. The van der Waals surface area contributed by atoms with E-state index in [2.05, 4.69) is 10.2 Å². The summed E-state index contributed by atoms with van der Waals surface area (Å²) in [7, 11) is 0. The molecular formula is C17H16ClN3OS. The molecule has 0 radical (unpaired) electrons. The largest absolute Gasteiger partial charge is 0.414 e. The Morgan fingerprint density at radius 3 is 2.57 bits per heavy atom. The maximum Gasteiger partial charge on any atom is 0.276 e. The highest BCUT2D eigenvalue weighted by atomic mass is 35.5. The zero-order valence-corrected chi connectivity index (χ0v) is 13.9. The van der Waals surface area contributed by atoms with Crippen molar-refractivity contribution in [3.8, 4) is 0 Å². The molecule has 2 N–H and O–H groups in total. The second-order valence-corrected chi connectivity index (χ2v) is 6.42. The van der Waals surface area contributed by atoms with Crippen LogP contribution in [0.4, 0.5) is 0 Å². The minimum Gasteiger partial charge on any atom is -0.414 e. The van der Waals surface area contributed by atoms with Gasteiger partial charge in [0, 0.05) is 10.8 Å². The predicted octanol–water partition coefficient (Wildman–Crippen LogP) is 4.26. The first kappa shape index (κ1) is 16.1. The van der Waals surface area contributed by atoms with Crippen LogP contribution >= 0.6 is 23.4 Å². The van der Waals surface area contributed by atoms with Gasteiger partial charge in [0.2, 0.25) is 5.89 Å². The van der Waals surface area contributed by atoms with Crippen LogP contribution in [0.15, 0.2) is 64.2 Å². The van der Waals surface area contributed by atoms with Gasteiger partial charge in [-0.15, -0.1) is 10.2 Å². The van der Waals surface area contributed by atoms with Gasteiger partial charge in [-0.3, -0.25) is 0 Å². The zero-order chi connectivity index (χ0) is 16.1. The Bertz CT molecular complexity index is 763. The number of halogens is 1. The van der Waals surface area contributed by atoms with Gasteiger partial charge in [-0.05, 0) is 23.6 Å². The number of rotatable bonds is 6. The van der Waals surface area contributed by atoms with E-state index in [1.165, 1.54) is 11.8 Å². The van der Waals surface area contributed by atoms with E-state index in [0.29, 0.717) is 23.3 Å². The third kappa shape index (κ3) is 4.34. The van der Waals surface area contributed by atoms with Crippen LogP contribution in [0.5, 0.6) is 0 Å². The molecule has 0 amide bonds. The summed E-state index contributed by atoms with van der Waals surface area (Å²) in [5.74, 6) is 1.13. The van der Waals surface area contributed by atoms with E-state index in [1.807, 2.05) is 54.6 Å². The van der Waals surface area contributed by atoms with Gasteiger partial charge in [0.1, 0.15) is 0 Å². The molecule has 0 aliphatic rings. The summed E-state index contributed by atoms with van der Waals surface area (Å²) in [5, 5.41) is 9.34. The first-order chi connectivity index (χ1) is 11.2. The molecule has 0 saturated carbocycles. The highest BCUT2D eigenvalue weighted by Crippen LogP contribution is 2.27.